The Hall–Kier alpha value is -2.40. The second-order valence-electron chi connectivity index (χ2n) is 4.40. The molecule has 2 aromatic carbocycles. The monoisotopic (exact) mass is 272 g/mol. The Morgan fingerprint density at radius 3 is 2.60 bits per heavy atom. The average Bonchev–Trinajstić information content (AvgIpc) is 2.46. The van der Waals surface area contributed by atoms with Crippen LogP contribution in [0.3, 0.4) is 0 Å². The van der Waals surface area contributed by atoms with Crippen LogP contribution in [-0.2, 0) is 13.0 Å². The molecule has 0 saturated carbocycles. The van der Waals surface area contributed by atoms with Crippen LogP contribution in [0.15, 0.2) is 48.5 Å². The van der Waals surface area contributed by atoms with Crippen molar-refractivity contribution in [1.29, 1.82) is 0 Å². The smallest absolute Gasteiger partial charge is 0.269 e. The summed E-state index contributed by atoms with van der Waals surface area (Å²) >= 11 is 0. The van der Waals surface area contributed by atoms with Crippen molar-refractivity contribution < 1.29 is 9.66 Å². The molecule has 0 bridgehead atoms. The third-order valence-electron chi connectivity index (χ3n) is 2.86. The number of nitrogens with zero attached hydrogens (tertiary/aromatic N) is 1. The minimum atomic E-state index is -0.411. The Morgan fingerprint density at radius 1 is 1.10 bits per heavy atom. The number of benzene rings is 2. The van der Waals surface area contributed by atoms with Gasteiger partial charge in [-0.05, 0) is 36.2 Å². The average molecular weight is 272 g/mol. The van der Waals surface area contributed by atoms with E-state index in [2.05, 4.69) is 0 Å². The van der Waals surface area contributed by atoms with E-state index in [0.717, 1.165) is 23.3 Å². The maximum atomic E-state index is 10.7. The highest BCUT2D eigenvalue weighted by atomic mass is 16.6. The van der Waals surface area contributed by atoms with Gasteiger partial charge in [0.1, 0.15) is 12.4 Å². The molecular formula is C15H16N2O3. The molecule has 20 heavy (non-hydrogen) atoms. The SMILES string of the molecule is NCCc1cccc(OCc2cccc([N+](=O)[O-])c2)c1. The fraction of sp³-hybridized carbons (Fsp3) is 0.200. The highest BCUT2D eigenvalue weighted by Gasteiger charge is 2.06. The maximum Gasteiger partial charge on any atom is 0.269 e. The summed E-state index contributed by atoms with van der Waals surface area (Å²) in [6, 6.07) is 14.1. The maximum absolute atomic E-state index is 10.7. The van der Waals surface area contributed by atoms with Gasteiger partial charge in [-0.3, -0.25) is 10.1 Å². The Kier molecular flexibility index (Phi) is 4.68. The molecule has 5 heteroatoms. The lowest BCUT2D eigenvalue weighted by Gasteiger charge is -2.08. The number of hydrogen-bond acceptors (Lipinski definition) is 4. The molecule has 0 saturated heterocycles. The molecule has 0 unspecified atom stereocenters. The molecule has 0 aliphatic heterocycles. The number of hydrogen-bond donors (Lipinski definition) is 1. The largest absolute Gasteiger partial charge is 0.489 e. The quantitative estimate of drug-likeness (QED) is 0.647. The molecule has 0 aliphatic carbocycles. The zero-order valence-corrected chi connectivity index (χ0v) is 11.0. The van der Waals surface area contributed by atoms with E-state index in [1.165, 1.54) is 12.1 Å². The van der Waals surface area contributed by atoms with Gasteiger partial charge in [0.2, 0.25) is 0 Å². The van der Waals surface area contributed by atoms with Crippen molar-refractivity contribution in [2.45, 2.75) is 13.0 Å². The van der Waals surface area contributed by atoms with Crippen molar-refractivity contribution >= 4 is 5.69 Å². The molecule has 2 aromatic rings. The van der Waals surface area contributed by atoms with Gasteiger partial charge in [-0.25, -0.2) is 0 Å². The van der Waals surface area contributed by atoms with Crippen LogP contribution in [0.4, 0.5) is 5.69 Å². The zero-order chi connectivity index (χ0) is 14.4. The number of nitro groups is 1. The molecule has 0 aromatic heterocycles. The highest BCUT2D eigenvalue weighted by Crippen LogP contribution is 2.17. The van der Waals surface area contributed by atoms with Gasteiger partial charge in [0, 0.05) is 12.1 Å². The van der Waals surface area contributed by atoms with Gasteiger partial charge >= 0.3 is 0 Å². The normalized spacial score (nSPS) is 10.2. The lowest BCUT2D eigenvalue weighted by molar-refractivity contribution is -0.384. The fourth-order valence-electron chi connectivity index (χ4n) is 1.88. The lowest BCUT2D eigenvalue weighted by atomic mass is 10.1. The third kappa shape index (κ3) is 3.80. The highest BCUT2D eigenvalue weighted by molar-refractivity contribution is 5.34. The van der Waals surface area contributed by atoms with E-state index in [0.29, 0.717) is 13.2 Å². The van der Waals surface area contributed by atoms with Crippen molar-refractivity contribution in [2.24, 2.45) is 5.73 Å². The summed E-state index contributed by atoms with van der Waals surface area (Å²) in [6.07, 6.45) is 0.800. The van der Waals surface area contributed by atoms with Crippen LogP contribution >= 0.6 is 0 Å². The number of nitro benzene ring substituents is 1. The van der Waals surface area contributed by atoms with Crippen LogP contribution in [0.5, 0.6) is 5.75 Å². The van der Waals surface area contributed by atoms with Gasteiger partial charge in [0.15, 0.2) is 0 Å². The molecule has 0 amide bonds. The minimum Gasteiger partial charge on any atom is -0.489 e. The number of ether oxygens (including phenoxy) is 1. The van der Waals surface area contributed by atoms with Gasteiger partial charge in [-0.1, -0.05) is 24.3 Å². The molecule has 0 aliphatic rings. The summed E-state index contributed by atoms with van der Waals surface area (Å²) in [5.41, 5.74) is 7.47. The first kappa shape index (κ1) is 14.0. The topological polar surface area (TPSA) is 78.4 Å². The fourth-order valence-corrected chi connectivity index (χ4v) is 1.88. The lowest BCUT2D eigenvalue weighted by Crippen LogP contribution is -2.03. The van der Waals surface area contributed by atoms with E-state index < -0.39 is 4.92 Å². The molecule has 0 radical (unpaired) electrons. The van der Waals surface area contributed by atoms with Crippen LogP contribution in [0.2, 0.25) is 0 Å². The van der Waals surface area contributed by atoms with Crippen molar-refractivity contribution in [3.05, 3.63) is 69.8 Å². The molecule has 2 rings (SSSR count). The van der Waals surface area contributed by atoms with Gasteiger partial charge < -0.3 is 10.5 Å². The summed E-state index contributed by atoms with van der Waals surface area (Å²) in [4.78, 5) is 10.3. The van der Waals surface area contributed by atoms with Crippen molar-refractivity contribution in [2.75, 3.05) is 6.54 Å². The Bertz CT molecular complexity index is 599. The standard InChI is InChI=1S/C15H16N2O3/c16-8-7-12-3-2-6-15(10-12)20-11-13-4-1-5-14(9-13)17(18)19/h1-6,9-10H,7-8,11,16H2. The van der Waals surface area contributed by atoms with Crippen LogP contribution in [0, 0.1) is 10.1 Å². The first-order valence-electron chi connectivity index (χ1n) is 6.34. The van der Waals surface area contributed by atoms with Crippen LogP contribution in [0.1, 0.15) is 11.1 Å². The van der Waals surface area contributed by atoms with Crippen LogP contribution < -0.4 is 10.5 Å². The number of rotatable bonds is 6. The Balaban J connectivity index is 2.03. The van der Waals surface area contributed by atoms with Gasteiger partial charge in [-0.2, -0.15) is 0 Å². The van der Waals surface area contributed by atoms with E-state index in [9.17, 15) is 10.1 Å². The summed E-state index contributed by atoms with van der Waals surface area (Å²) in [5, 5.41) is 10.7. The first-order valence-corrected chi connectivity index (χ1v) is 6.34. The predicted molar refractivity (Wildman–Crippen MR) is 76.6 cm³/mol. The summed E-state index contributed by atoms with van der Waals surface area (Å²) < 4.78 is 5.65. The Labute approximate surface area is 117 Å². The molecule has 0 heterocycles. The van der Waals surface area contributed by atoms with E-state index in [1.54, 1.807) is 12.1 Å². The van der Waals surface area contributed by atoms with Crippen molar-refractivity contribution in [3.8, 4) is 5.75 Å². The van der Waals surface area contributed by atoms with E-state index in [1.807, 2.05) is 24.3 Å². The van der Waals surface area contributed by atoms with Crippen molar-refractivity contribution in [3.63, 3.8) is 0 Å². The predicted octanol–water partition coefficient (Wildman–Crippen LogP) is 2.68. The summed E-state index contributed by atoms with van der Waals surface area (Å²) in [5.74, 6) is 0.738. The first-order chi connectivity index (χ1) is 9.69. The van der Waals surface area contributed by atoms with Crippen molar-refractivity contribution in [1.82, 2.24) is 0 Å². The van der Waals surface area contributed by atoms with Gasteiger partial charge in [0.05, 0.1) is 4.92 Å². The van der Waals surface area contributed by atoms with E-state index >= 15 is 0 Å². The molecule has 5 nitrogen and oxygen atoms in total. The number of nitrogens with two attached hydrogens (primary N) is 1. The van der Waals surface area contributed by atoms with Crippen LogP contribution in [-0.4, -0.2) is 11.5 Å². The van der Waals surface area contributed by atoms with E-state index in [-0.39, 0.29) is 5.69 Å². The Morgan fingerprint density at radius 2 is 1.85 bits per heavy atom. The minimum absolute atomic E-state index is 0.0722. The van der Waals surface area contributed by atoms with Gasteiger partial charge in [0.25, 0.3) is 5.69 Å². The van der Waals surface area contributed by atoms with Crippen LogP contribution in [0.25, 0.3) is 0 Å². The molecule has 0 atom stereocenters. The second kappa shape index (κ2) is 6.68. The number of non-ortho nitro benzene ring substituents is 1. The molecule has 2 N–H and O–H groups in total. The molecule has 0 spiro atoms. The zero-order valence-electron chi connectivity index (χ0n) is 11.0. The summed E-state index contributed by atoms with van der Waals surface area (Å²) in [6.45, 7) is 0.891. The third-order valence-corrected chi connectivity index (χ3v) is 2.86. The second-order valence-corrected chi connectivity index (χ2v) is 4.40. The van der Waals surface area contributed by atoms with Gasteiger partial charge in [-0.15, -0.1) is 0 Å². The summed E-state index contributed by atoms with van der Waals surface area (Å²) in [7, 11) is 0. The molecular weight excluding hydrogens is 256 g/mol. The van der Waals surface area contributed by atoms with E-state index in [4.69, 9.17) is 10.5 Å². The molecule has 104 valence electrons. The molecule has 0 fully saturated rings.